The maximum absolute atomic E-state index is 12.5. The predicted octanol–water partition coefficient (Wildman–Crippen LogP) is 3.12. The summed E-state index contributed by atoms with van der Waals surface area (Å²) in [6.07, 6.45) is -4.46. The molecule has 1 aromatic heterocycles. The average Bonchev–Trinajstić information content (AvgIpc) is 3.08. The lowest BCUT2D eigenvalue weighted by Gasteiger charge is -2.23. The Kier molecular flexibility index (Phi) is 6.38. The monoisotopic (exact) mass is 385 g/mol. The van der Waals surface area contributed by atoms with Gasteiger partial charge in [0, 0.05) is 12.2 Å². The maximum atomic E-state index is 12.5. The molecule has 140 valence electrons. The van der Waals surface area contributed by atoms with Gasteiger partial charge in [-0.2, -0.15) is 24.5 Å². The van der Waals surface area contributed by atoms with Crippen LogP contribution in [0.3, 0.4) is 0 Å². The van der Waals surface area contributed by atoms with E-state index in [0.29, 0.717) is 0 Å². The molecular formula is C17H18F3N3O2S. The standard InChI is InChI=1S/C17H18F3N3O2S/c1-23(2)14(11-7-8-26-10-11)9-21-15(24)16(25)22-13-5-3-12(4-6-13)17(18,19)20/h3-8,10,14H,9H2,1-2H3,(H,21,24)(H,22,25)/t14-/m0/s1. The number of alkyl halides is 3. The summed E-state index contributed by atoms with van der Waals surface area (Å²) in [7, 11) is 3.72. The molecule has 0 aliphatic heterocycles. The van der Waals surface area contributed by atoms with Crippen LogP contribution in [0.1, 0.15) is 17.2 Å². The van der Waals surface area contributed by atoms with Crippen molar-refractivity contribution in [1.82, 2.24) is 10.2 Å². The third-order valence-corrected chi connectivity index (χ3v) is 4.39. The Balaban J connectivity index is 1.92. The van der Waals surface area contributed by atoms with Crippen molar-refractivity contribution in [2.24, 2.45) is 0 Å². The van der Waals surface area contributed by atoms with Gasteiger partial charge in [0.2, 0.25) is 0 Å². The molecule has 1 aromatic carbocycles. The highest BCUT2D eigenvalue weighted by Gasteiger charge is 2.30. The summed E-state index contributed by atoms with van der Waals surface area (Å²) >= 11 is 1.53. The van der Waals surface area contributed by atoms with Gasteiger partial charge in [-0.25, -0.2) is 0 Å². The molecule has 26 heavy (non-hydrogen) atoms. The lowest BCUT2D eigenvalue weighted by Crippen LogP contribution is -2.40. The van der Waals surface area contributed by atoms with Gasteiger partial charge in [-0.3, -0.25) is 9.59 Å². The molecule has 0 aliphatic rings. The molecule has 0 saturated carbocycles. The van der Waals surface area contributed by atoms with Crippen LogP contribution >= 0.6 is 11.3 Å². The quantitative estimate of drug-likeness (QED) is 0.778. The topological polar surface area (TPSA) is 61.4 Å². The number of benzene rings is 1. The summed E-state index contributed by atoms with van der Waals surface area (Å²) < 4.78 is 37.5. The highest BCUT2D eigenvalue weighted by atomic mass is 32.1. The van der Waals surface area contributed by atoms with Gasteiger partial charge in [-0.05, 0) is 60.8 Å². The summed E-state index contributed by atoms with van der Waals surface area (Å²) in [6, 6.07) is 5.72. The van der Waals surface area contributed by atoms with Crippen molar-refractivity contribution in [3.05, 3.63) is 52.2 Å². The number of nitrogens with zero attached hydrogens (tertiary/aromatic N) is 1. The van der Waals surface area contributed by atoms with Crippen LogP contribution in [0.2, 0.25) is 0 Å². The van der Waals surface area contributed by atoms with Crippen molar-refractivity contribution in [1.29, 1.82) is 0 Å². The van der Waals surface area contributed by atoms with E-state index >= 15 is 0 Å². The van der Waals surface area contributed by atoms with E-state index in [0.717, 1.165) is 29.8 Å². The van der Waals surface area contributed by atoms with Gasteiger partial charge in [0.05, 0.1) is 11.6 Å². The fourth-order valence-corrected chi connectivity index (χ4v) is 2.97. The highest BCUT2D eigenvalue weighted by Crippen LogP contribution is 2.29. The summed E-state index contributed by atoms with van der Waals surface area (Å²) in [6.45, 7) is 0.225. The summed E-state index contributed by atoms with van der Waals surface area (Å²) in [4.78, 5) is 25.8. The molecule has 2 rings (SSSR count). The Morgan fingerprint density at radius 1 is 1.12 bits per heavy atom. The Hall–Kier alpha value is -2.39. The van der Waals surface area contributed by atoms with E-state index in [1.54, 1.807) is 0 Å². The number of hydrogen-bond donors (Lipinski definition) is 2. The smallest absolute Gasteiger partial charge is 0.346 e. The molecule has 1 atom stereocenters. The number of carbonyl (C=O) groups is 2. The molecule has 9 heteroatoms. The Bertz CT molecular complexity index is 744. The molecule has 0 bridgehead atoms. The molecule has 1 heterocycles. The molecule has 0 unspecified atom stereocenters. The van der Waals surface area contributed by atoms with Crippen LogP contribution in [-0.2, 0) is 15.8 Å². The average molecular weight is 385 g/mol. The largest absolute Gasteiger partial charge is 0.416 e. The van der Waals surface area contributed by atoms with Crippen molar-refractivity contribution < 1.29 is 22.8 Å². The van der Waals surface area contributed by atoms with Gasteiger partial charge in [-0.15, -0.1) is 0 Å². The van der Waals surface area contributed by atoms with Crippen molar-refractivity contribution in [3.63, 3.8) is 0 Å². The lowest BCUT2D eigenvalue weighted by atomic mass is 10.1. The second-order valence-corrected chi connectivity index (χ2v) is 6.56. The third kappa shape index (κ3) is 5.30. The van der Waals surface area contributed by atoms with Crippen molar-refractivity contribution >= 4 is 28.8 Å². The van der Waals surface area contributed by atoms with Crippen LogP contribution in [-0.4, -0.2) is 37.4 Å². The minimum Gasteiger partial charge on any atom is -0.346 e. The summed E-state index contributed by atoms with van der Waals surface area (Å²) in [5.41, 5.74) is 0.299. The summed E-state index contributed by atoms with van der Waals surface area (Å²) in [5, 5.41) is 8.70. The zero-order valence-electron chi connectivity index (χ0n) is 14.1. The van der Waals surface area contributed by atoms with Crippen LogP contribution in [0.4, 0.5) is 18.9 Å². The van der Waals surface area contributed by atoms with Gasteiger partial charge in [0.15, 0.2) is 0 Å². The van der Waals surface area contributed by atoms with Gasteiger partial charge >= 0.3 is 18.0 Å². The zero-order chi connectivity index (χ0) is 19.3. The van der Waals surface area contributed by atoms with Crippen LogP contribution in [0, 0.1) is 0 Å². The van der Waals surface area contributed by atoms with Crippen LogP contribution in [0.25, 0.3) is 0 Å². The van der Waals surface area contributed by atoms with E-state index in [9.17, 15) is 22.8 Å². The molecule has 5 nitrogen and oxygen atoms in total. The molecule has 0 fully saturated rings. The number of likely N-dealkylation sites (N-methyl/N-ethyl adjacent to an activating group) is 1. The first-order valence-corrected chi connectivity index (χ1v) is 8.57. The molecule has 0 spiro atoms. The zero-order valence-corrected chi connectivity index (χ0v) is 14.9. The summed E-state index contributed by atoms with van der Waals surface area (Å²) in [5.74, 6) is -1.79. The third-order valence-electron chi connectivity index (χ3n) is 3.68. The van der Waals surface area contributed by atoms with Crippen LogP contribution in [0.15, 0.2) is 41.1 Å². The number of halogens is 3. The van der Waals surface area contributed by atoms with Crippen LogP contribution < -0.4 is 10.6 Å². The first-order valence-electron chi connectivity index (χ1n) is 7.63. The first-order chi connectivity index (χ1) is 12.2. The Labute approximate surface area is 152 Å². The minimum atomic E-state index is -4.46. The van der Waals surface area contributed by atoms with Crippen LogP contribution in [0.5, 0.6) is 0 Å². The number of hydrogen-bond acceptors (Lipinski definition) is 4. The van der Waals surface area contributed by atoms with Gasteiger partial charge in [0.25, 0.3) is 0 Å². The fraction of sp³-hybridized carbons (Fsp3) is 0.294. The molecule has 0 aliphatic carbocycles. The van der Waals surface area contributed by atoms with Gasteiger partial charge in [0.1, 0.15) is 0 Å². The van der Waals surface area contributed by atoms with Crippen molar-refractivity contribution in [2.75, 3.05) is 26.0 Å². The number of carbonyl (C=O) groups excluding carboxylic acids is 2. The fourth-order valence-electron chi connectivity index (χ4n) is 2.26. The number of nitrogens with one attached hydrogen (secondary N) is 2. The molecule has 2 aromatic rings. The lowest BCUT2D eigenvalue weighted by molar-refractivity contribution is -0.137. The van der Waals surface area contributed by atoms with E-state index in [4.69, 9.17) is 0 Å². The number of rotatable bonds is 5. The molecular weight excluding hydrogens is 367 g/mol. The van der Waals surface area contributed by atoms with E-state index < -0.39 is 23.6 Å². The second-order valence-electron chi connectivity index (χ2n) is 5.78. The minimum absolute atomic E-state index is 0.0935. The first kappa shape index (κ1) is 19.9. The molecule has 0 saturated heterocycles. The van der Waals surface area contributed by atoms with Gasteiger partial charge < -0.3 is 15.5 Å². The van der Waals surface area contributed by atoms with Crippen molar-refractivity contribution in [2.45, 2.75) is 12.2 Å². The van der Waals surface area contributed by atoms with E-state index in [1.807, 2.05) is 35.8 Å². The van der Waals surface area contributed by atoms with E-state index in [1.165, 1.54) is 11.3 Å². The molecule has 2 amide bonds. The molecule has 2 N–H and O–H groups in total. The molecule has 0 radical (unpaired) electrons. The predicted molar refractivity (Wildman–Crippen MR) is 93.8 cm³/mol. The maximum Gasteiger partial charge on any atom is 0.416 e. The SMILES string of the molecule is CN(C)[C@@H](CNC(=O)C(=O)Nc1ccc(C(F)(F)F)cc1)c1ccsc1. The number of thiophene rings is 1. The number of anilines is 1. The Morgan fingerprint density at radius 3 is 2.27 bits per heavy atom. The second kappa shape index (κ2) is 8.33. The normalized spacial score (nSPS) is 12.7. The van der Waals surface area contributed by atoms with Crippen molar-refractivity contribution in [3.8, 4) is 0 Å². The van der Waals surface area contributed by atoms with Gasteiger partial charge in [-0.1, -0.05) is 0 Å². The van der Waals surface area contributed by atoms with E-state index in [-0.39, 0.29) is 18.3 Å². The Morgan fingerprint density at radius 2 is 1.77 bits per heavy atom. The number of amides is 2. The highest BCUT2D eigenvalue weighted by molar-refractivity contribution is 7.07. The van der Waals surface area contributed by atoms with E-state index in [2.05, 4.69) is 10.6 Å².